The SMILES string of the molecule is COc1cc(C(=O)NC(=N)Nc2ccc(C)c(NC(=O)c3ccc(-c4ccccc4)cc3)c2)cc(CO)c1CO. The van der Waals surface area contributed by atoms with E-state index < -0.39 is 12.5 Å². The van der Waals surface area contributed by atoms with Crippen LogP contribution in [0.3, 0.4) is 0 Å². The van der Waals surface area contributed by atoms with Gasteiger partial charge in [0.25, 0.3) is 11.8 Å². The number of ether oxygens (including phenoxy) is 1. The Hall–Kier alpha value is -4.99. The minimum absolute atomic E-state index is 0.153. The molecule has 2 amide bonds. The van der Waals surface area contributed by atoms with E-state index in [4.69, 9.17) is 10.1 Å². The van der Waals surface area contributed by atoms with Crippen LogP contribution in [0.4, 0.5) is 11.4 Å². The largest absolute Gasteiger partial charge is 0.496 e. The molecule has 9 heteroatoms. The molecule has 0 fully saturated rings. The Morgan fingerprint density at radius 1 is 0.800 bits per heavy atom. The van der Waals surface area contributed by atoms with Crippen molar-refractivity contribution in [2.45, 2.75) is 20.1 Å². The molecule has 0 aliphatic carbocycles. The highest BCUT2D eigenvalue weighted by Gasteiger charge is 2.16. The molecule has 0 radical (unpaired) electrons. The Morgan fingerprint density at radius 2 is 1.50 bits per heavy atom. The van der Waals surface area contributed by atoms with Gasteiger partial charge in [0.05, 0.1) is 20.3 Å². The van der Waals surface area contributed by atoms with Crippen LogP contribution in [0.15, 0.2) is 84.9 Å². The quantitative estimate of drug-likeness (QED) is 0.142. The maximum absolute atomic E-state index is 12.9. The van der Waals surface area contributed by atoms with Crippen molar-refractivity contribution in [3.8, 4) is 16.9 Å². The number of guanidine groups is 1. The van der Waals surface area contributed by atoms with E-state index in [1.165, 1.54) is 19.2 Å². The van der Waals surface area contributed by atoms with Crippen LogP contribution in [0.2, 0.25) is 0 Å². The molecule has 204 valence electrons. The second kappa shape index (κ2) is 12.7. The molecule has 0 atom stereocenters. The molecular weight excluding hydrogens is 508 g/mol. The topological polar surface area (TPSA) is 144 Å². The summed E-state index contributed by atoms with van der Waals surface area (Å²) in [4.78, 5) is 25.7. The summed E-state index contributed by atoms with van der Waals surface area (Å²) in [6.45, 7) is 1.11. The van der Waals surface area contributed by atoms with Gasteiger partial charge in [-0.2, -0.15) is 0 Å². The first-order valence-electron chi connectivity index (χ1n) is 12.5. The van der Waals surface area contributed by atoms with E-state index in [2.05, 4.69) is 16.0 Å². The zero-order valence-corrected chi connectivity index (χ0v) is 22.1. The number of hydrogen-bond donors (Lipinski definition) is 6. The molecule has 6 N–H and O–H groups in total. The third kappa shape index (κ3) is 6.52. The minimum Gasteiger partial charge on any atom is -0.496 e. The maximum Gasteiger partial charge on any atom is 0.258 e. The summed E-state index contributed by atoms with van der Waals surface area (Å²) in [6, 6.07) is 25.3. The Balaban J connectivity index is 1.42. The fourth-order valence-corrected chi connectivity index (χ4v) is 4.17. The van der Waals surface area contributed by atoms with Crippen LogP contribution in [0.5, 0.6) is 5.75 Å². The van der Waals surface area contributed by atoms with E-state index in [9.17, 15) is 19.8 Å². The van der Waals surface area contributed by atoms with Crippen LogP contribution in [0.1, 0.15) is 37.4 Å². The molecule has 0 heterocycles. The molecule has 0 saturated heterocycles. The summed E-state index contributed by atoms with van der Waals surface area (Å²) in [5.41, 5.74) is 5.32. The van der Waals surface area contributed by atoms with Crippen LogP contribution < -0.4 is 20.7 Å². The van der Waals surface area contributed by atoms with Crippen molar-refractivity contribution in [1.29, 1.82) is 5.41 Å². The van der Waals surface area contributed by atoms with E-state index in [1.54, 1.807) is 30.3 Å². The van der Waals surface area contributed by atoms with Gasteiger partial charge >= 0.3 is 0 Å². The van der Waals surface area contributed by atoms with Crippen molar-refractivity contribution in [1.82, 2.24) is 5.32 Å². The number of nitrogens with one attached hydrogen (secondary N) is 4. The van der Waals surface area contributed by atoms with E-state index in [0.29, 0.717) is 28.1 Å². The highest BCUT2D eigenvalue weighted by Crippen LogP contribution is 2.26. The van der Waals surface area contributed by atoms with Crippen molar-refractivity contribution in [2.24, 2.45) is 0 Å². The average molecular weight is 539 g/mol. The van der Waals surface area contributed by atoms with E-state index in [1.807, 2.05) is 49.4 Å². The zero-order valence-electron chi connectivity index (χ0n) is 22.1. The number of amides is 2. The zero-order chi connectivity index (χ0) is 28.6. The fourth-order valence-electron chi connectivity index (χ4n) is 4.17. The van der Waals surface area contributed by atoms with E-state index in [0.717, 1.165) is 16.7 Å². The van der Waals surface area contributed by atoms with Gasteiger partial charge in [0.15, 0.2) is 5.96 Å². The standard InChI is InChI=1S/C31H30N4O5/c1-19-8-13-25(33-31(32)35-30(39)23-14-24(17-36)26(18-37)28(15-23)40-2)16-27(19)34-29(38)22-11-9-21(10-12-22)20-6-4-3-5-7-20/h3-16,36-37H,17-18H2,1-2H3,(H,34,38)(H3,32,33,35,39). The molecule has 0 aliphatic heterocycles. The molecule has 0 aromatic heterocycles. The highest BCUT2D eigenvalue weighted by molar-refractivity contribution is 6.09. The number of anilines is 2. The summed E-state index contributed by atoms with van der Waals surface area (Å²) in [5, 5.41) is 35.6. The number of rotatable bonds is 8. The number of methoxy groups -OCH3 is 1. The lowest BCUT2D eigenvalue weighted by atomic mass is 10.0. The van der Waals surface area contributed by atoms with Gasteiger partial charge in [-0.3, -0.25) is 20.3 Å². The molecule has 4 rings (SSSR count). The molecule has 9 nitrogen and oxygen atoms in total. The van der Waals surface area contributed by atoms with Gasteiger partial charge in [-0.15, -0.1) is 0 Å². The lowest BCUT2D eigenvalue weighted by Crippen LogP contribution is -2.35. The molecule has 0 spiro atoms. The van der Waals surface area contributed by atoms with Crippen LogP contribution in [0, 0.1) is 12.3 Å². The van der Waals surface area contributed by atoms with Crippen LogP contribution in [-0.2, 0) is 13.2 Å². The van der Waals surface area contributed by atoms with Gasteiger partial charge in [0, 0.05) is 28.1 Å². The average Bonchev–Trinajstić information content (AvgIpc) is 2.98. The number of carbonyl (C=O) groups is 2. The molecule has 0 unspecified atom stereocenters. The van der Waals surface area contributed by atoms with Crippen molar-refractivity contribution in [2.75, 3.05) is 17.7 Å². The van der Waals surface area contributed by atoms with Gasteiger partial charge in [0.2, 0.25) is 0 Å². The Kier molecular flexibility index (Phi) is 8.90. The van der Waals surface area contributed by atoms with Gasteiger partial charge in [-0.25, -0.2) is 0 Å². The molecule has 0 aliphatic rings. The number of aliphatic hydroxyl groups is 2. The Labute approximate surface area is 232 Å². The second-order valence-electron chi connectivity index (χ2n) is 9.01. The fraction of sp³-hybridized carbons (Fsp3) is 0.129. The summed E-state index contributed by atoms with van der Waals surface area (Å²) < 4.78 is 5.23. The van der Waals surface area contributed by atoms with Crippen molar-refractivity contribution < 1.29 is 24.5 Å². The Morgan fingerprint density at radius 3 is 2.15 bits per heavy atom. The smallest absolute Gasteiger partial charge is 0.258 e. The summed E-state index contributed by atoms with van der Waals surface area (Å²) in [6.07, 6.45) is 0. The number of aliphatic hydroxyl groups excluding tert-OH is 2. The number of carbonyl (C=O) groups excluding carboxylic acids is 2. The number of aryl methyl sites for hydroxylation is 1. The Bertz CT molecular complexity index is 1510. The third-order valence-electron chi connectivity index (χ3n) is 6.36. The third-order valence-corrected chi connectivity index (χ3v) is 6.36. The lowest BCUT2D eigenvalue weighted by molar-refractivity contribution is 0.0974. The second-order valence-corrected chi connectivity index (χ2v) is 9.01. The van der Waals surface area contributed by atoms with E-state index >= 15 is 0 Å². The first kappa shape index (κ1) is 28.0. The predicted octanol–water partition coefficient (Wildman–Crippen LogP) is 4.68. The molecule has 4 aromatic carbocycles. The molecule has 4 aromatic rings. The van der Waals surface area contributed by atoms with Gasteiger partial charge in [-0.1, -0.05) is 48.5 Å². The number of hydrogen-bond acceptors (Lipinski definition) is 6. The summed E-state index contributed by atoms with van der Waals surface area (Å²) >= 11 is 0. The minimum atomic E-state index is -0.602. The molecule has 0 saturated carbocycles. The van der Waals surface area contributed by atoms with Gasteiger partial charge in [-0.05, 0) is 65.6 Å². The maximum atomic E-state index is 12.9. The van der Waals surface area contributed by atoms with Crippen molar-refractivity contribution >= 4 is 29.1 Å². The first-order chi connectivity index (χ1) is 19.3. The normalized spacial score (nSPS) is 10.5. The predicted molar refractivity (Wildman–Crippen MR) is 155 cm³/mol. The monoisotopic (exact) mass is 538 g/mol. The van der Waals surface area contributed by atoms with Crippen LogP contribution >= 0.6 is 0 Å². The van der Waals surface area contributed by atoms with Crippen molar-refractivity contribution in [3.05, 3.63) is 113 Å². The summed E-state index contributed by atoms with van der Waals surface area (Å²) in [7, 11) is 1.40. The highest BCUT2D eigenvalue weighted by atomic mass is 16.5. The first-order valence-corrected chi connectivity index (χ1v) is 12.5. The molecule has 0 bridgehead atoms. The number of benzene rings is 4. The molecular formula is C31H30N4O5. The molecule has 40 heavy (non-hydrogen) atoms. The summed E-state index contributed by atoms with van der Waals surface area (Å²) in [5.74, 6) is -0.913. The van der Waals surface area contributed by atoms with Crippen LogP contribution in [0.25, 0.3) is 11.1 Å². The van der Waals surface area contributed by atoms with E-state index in [-0.39, 0.29) is 29.8 Å². The van der Waals surface area contributed by atoms with Crippen molar-refractivity contribution in [3.63, 3.8) is 0 Å². The lowest BCUT2D eigenvalue weighted by Gasteiger charge is -2.15. The van der Waals surface area contributed by atoms with Crippen LogP contribution in [-0.4, -0.2) is 35.1 Å². The van der Waals surface area contributed by atoms with Gasteiger partial charge in [0.1, 0.15) is 5.75 Å². The van der Waals surface area contributed by atoms with Gasteiger partial charge < -0.3 is 25.6 Å².